The second kappa shape index (κ2) is 7.23. The Balaban J connectivity index is 2.03. The van der Waals surface area contributed by atoms with Gasteiger partial charge in [0.25, 0.3) is 0 Å². The molecule has 2 rings (SSSR count). The second-order valence-electron chi connectivity index (χ2n) is 4.42. The Kier molecular flexibility index (Phi) is 5.09. The molecule has 0 saturated carbocycles. The first kappa shape index (κ1) is 14.8. The van der Waals surface area contributed by atoms with Gasteiger partial charge in [0.1, 0.15) is 11.4 Å². The summed E-state index contributed by atoms with van der Waals surface area (Å²) in [5, 5.41) is 3.13. The van der Waals surface area contributed by atoms with Gasteiger partial charge in [0.15, 0.2) is 0 Å². The molecule has 0 aliphatic rings. The Morgan fingerprint density at radius 2 is 2.29 bits per heavy atom. The predicted molar refractivity (Wildman–Crippen MR) is 81.0 cm³/mol. The van der Waals surface area contributed by atoms with Crippen LogP contribution in [0.25, 0.3) is 0 Å². The van der Waals surface area contributed by atoms with Crippen molar-refractivity contribution >= 4 is 17.5 Å². The number of anilines is 2. The first-order valence-corrected chi connectivity index (χ1v) is 6.76. The zero-order valence-electron chi connectivity index (χ0n) is 11.9. The van der Waals surface area contributed by atoms with Crippen molar-refractivity contribution in [2.24, 2.45) is 0 Å². The number of pyridine rings is 2. The SMILES string of the molecule is CCOC(=O)c1cc(N)cnc1NCCc1cccnc1. The first-order valence-electron chi connectivity index (χ1n) is 6.76. The van der Waals surface area contributed by atoms with Gasteiger partial charge in [-0.1, -0.05) is 6.07 Å². The van der Waals surface area contributed by atoms with Crippen LogP contribution in [0.1, 0.15) is 22.8 Å². The van der Waals surface area contributed by atoms with Crippen molar-refractivity contribution in [3.8, 4) is 0 Å². The Hall–Kier alpha value is -2.63. The number of hydrogen-bond acceptors (Lipinski definition) is 6. The van der Waals surface area contributed by atoms with Gasteiger partial charge in [-0.15, -0.1) is 0 Å². The highest BCUT2D eigenvalue weighted by atomic mass is 16.5. The highest BCUT2D eigenvalue weighted by Crippen LogP contribution is 2.17. The van der Waals surface area contributed by atoms with E-state index in [1.807, 2.05) is 18.3 Å². The molecule has 0 aliphatic carbocycles. The van der Waals surface area contributed by atoms with Crippen LogP contribution in [0.15, 0.2) is 36.8 Å². The third-order valence-electron chi connectivity index (χ3n) is 2.83. The highest BCUT2D eigenvalue weighted by Gasteiger charge is 2.14. The minimum Gasteiger partial charge on any atom is -0.462 e. The molecule has 6 heteroatoms. The second-order valence-corrected chi connectivity index (χ2v) is 4.42. The molecule has 0 aliphatic heterocycles. The minimum atomic E-state index is -0.429. The van der Waals surface area contributed by atoms with Crippen molar-refractivity contribution in [1.82, 2.24) is 9.97 Å². The van der Waals surface area contributed by atoms with Gasteiger partial charge in [-0.3, -0.25) is 4.98 Å². The fourth-order valence-electron chi connectivity index (χ4n) is 1.86. The molecule has 0 saturated heterocycles. The third-order valence-corrected chi connectivity index (χ3v) is 2.83. The molecule has 2 aromatic heterocycles. The van der Waals surface area contributed by atoms with Gasteiger partial charge in [0.2, 0.25) is 0 Å². The van der Waals surface area contributed by atoms with E-state index in [1.165, 1.54) is 6.20 Å². The van der Waals surface area contributed by atoms with Crippen molar-refractivity contribution in [3.63, 3.8) is 0 Å². The predicted octanol–water partition coefficient (Wildman–Crippen LogP) is 1.89. The van der Waals surface area contributed by atoms with E-state index in [9.17, 15) is 4.79 Å². The summed E-state index contributed by atoms with van der Waals surface area (Å²) in [7, 11) is 0. The average molecular weight is 286 g/mol. The molecular formula is C15H18N4O2. The summed E-state index contributed by atoms with van der Waals surface area (Å²) in [6, 6.07) is 5.45. The van der Waals surface area contributed by atoms with E-state index in [4.69, 9.17) is 10.5 Å². The number of ether oxygens (including phenoxy) is 1. The van der Waals surface area contributed by atoms with Gasteiger partial charge >= 0.3 is 5.97 Å². The maximum Gasteiger partial charge on any atom is 0.341 e. The lowest BCUT2D eigenvalue weighted by Gasteiger charge is -2.11. The maximum absolute atomic E-state index is 11.9. The quantitative estimate of drug-likeness (QED) is 0.788. The molecule has 0 atom stereocenters. The van der Waals surface area contributed by atoms with E-state index in [0.717, 1.165) is 12.0 Å². The number of rotatable bonds is 6. The molecule has 0 amide bonds. The first-order chi connectivity index (χ1) is 10.2. The Labute approximate surface area is 123 Å². The molecule has 2 aromatic rings. The van der Waals surface area contributed by atoms with Crippen LogP contribution in [0.3, 0.4) is 0 Å². The summed E-state index contributed by atoms with van der Waals surface area (Å²) in [5.74, 6) is 0.0488. The lowest BCUT2D eigenvalue weighted by Crippen LogP contribution is -2.14. The van der Waals surface area contributed by atoms with Crippen LogP contribution >= 0.6 is 0 Å². The summed E-state index contributed by atoms with van der Waals surface area (Å²) in [4.78, 5) is 20.1. The van der Waals surface area contributed by atoms with E-state index in [0.29, 0.717) is 30.2 Å². The summed E-state index contributed by atoms with van der Waals surface area (Å²) in [6.07, 6.45) is 5.83. The monoisotopic (exact) mass is 286 g/mol. The van der Waals surface area contributed by atoms with Gasteiger partial charge in [0, 0.05) is 18.9 Å². The van der Waals surface area contributed by atoms with Crippen LogP contribution in [0.2, 0.25) is 0 Å². The van der Waals surface area contributed by atoms with Gasteiger partial charge in [0.05, 0.1) is 18.5 Å². The molecule has 110 valence electrons. The average Bonchev–Trinajstić information content (AvgIpc) is 2.50. The molecule has 0 aromatic carbocycles. The molecule has 0 bridgehead atoms. The molecular weight excluding hydrogens is 268 g/mol. The smallest absolute Gasteiger partial charge is 0.341 e. The summed E-state index contributed by atoms with van der Waals surface area (Å²) < 4.78 is 5.00. The number of esters is 1. The van der Waals surface area contributed by atoms with Crippen LogP contribution in [0, 0.1) is 0 Å². The van der Waals surface area contributed by atoms with E-state index < -0.39 is 5.97 Å². The lowest BCUT2D eigenvalue weighted by atomic mass is 10.2. The van der Waals surface area contributed by atoms with Crippen LogP contribution in [-0.2, 0) is 11.2 Å². The molecule has 6 nitrogen and oxygen atoms in total. The largest absolute Gasteiger partial charge is 0.462 e. The fraction of sp³-hybridized carbons (Fsp3) is 0.267. The number of hydrogen-bond donors (Lipinski definition) is 2. The van der Waals surface area contributed by atoms with E-state index in [2.05, 4.69) is 15.3 Å². The van der Waals surface area contributed by atoms with Crippen molar-refractivity contribution < 1.29 is 9.53 Å². The Bertz CT molecular complexity index is 602. The van der Waals surface area contributed by atoms with Crippen molar-refractivity contribution in [3.05, 3.63) is 47.9 Å². The Morgan fingerprint density at radius 1 is 1.43 bits per heavy atom. The number of aromatic nitrogens is 2. The molecule has 0 fully saturated rings. The molecule has 2 heterocycles. The van der Waals surface area contributed by atoms with Crippen LogP contribution in [-0.4, -0.2) is 29.1 Å². The normalized spacial score (nSPS) is 10.1. The number of carbonyl (C=O) groups excluding carboxylic acids is 1. The van der Waals surface area contributed by atoms with Crippen LogP contribution < -0.4 is 11.1 Å². The zero-order valence-corrected chi connectivity index (χ0v) is 11.9. The lowest BCUT2D eigenvalue weighted by molar-refractivity contribution is 0.0527. The standard InChI is InChI=1S/C15H18N4O2/c1-2-21-15(20)13-8-12(16)10-19-14(13)18-7-5-11-4-3-6-17-9-11/h3-4,6,8-10H,2,5,7,16H2,1H3,(H,18,19). The summed E-state index contributed by atoms with van der Waals surface area (Å²) in [5.41, 5.74) is 7.56. The number of nitrogens with zero attached hydrogens (tertiary/aromatic N) is 2. The maximum atomic E-state index is 11.9. The molecule has 3 N–H and O–H groups in total. The van der Waals surface area contributed by atoms with Crippen LogP contribution in [0.5, 0.6) is 0 Å². The van der Waals surface area contributed by atoms with E-state index in [-0.39, 0.29) is 0 Å². The van der Waals surface area contributed by atoms with Gasteiger partial charge in [-0.2, -0.15) is 0 Å². The van der Waals surface area contributed by atoms with E-state index >= 15 is 0 Å². The third kappa shape index (κ3) is 4.17. The molecule has 0 spiro atoms. The number of nitrogens with one attached hydrogen (secondary N) is 1. The van der Waals surface area contributed by atoms with Gasteiger partial charge in [-0.05, 0) is 31.0 Å². The summed E-state index contributed by atoms with van der Waals surface area (Å²) >= 11 is 0. The van der Waals surface area contributed by atoms with E-state index in [1.54, 1.807) is 19.2 Å². The highest BCUT2D eigenvalue weighted by molar-refractivity contribution is 5.95. The topological polar surface area (TPSA) is 90.1 Å². The van der Waals surface area contributed by atoms with Gasteiger partial charge in [-0.25, -0.2) is 9.78 Å². The van der Waals surface area contributed by atoms with Crippen molar-refractivity contribution in [1.29, 1.82) is 0 Å². The molecule has 21 heavy (non-hydrogen) atoms. The molecule has 0 radical (unpaired) electrons. The fourth-order valence-corrected chi connectivity index (χ4v) is 1.86. The van der Waals surface area contributed by atoms with Gasteiger partial charge < -0.3 is 15.8 Å². The van der Waals surface area contributed by atoms with Crippen molar-refractivity contribution in [2.75, 3.05) is 24.2 Å². The minimum absolute atomic E-state index is 0.308. The zero-order chi connectivity index (χ0) is 15.1. The number of nitrogen functional groups attached to an aromatic ring is 1. The Morgan fingerprint density at radius 3 is 3.00 bits per heavy atom. The van der Waals surface area contributed by atoms with Crippen LogP contribution in [0.4, 0.5) is 11.5 Å². The number of nitrogens with two attached hydrogens (primary N) is 1. The number of carbonyl (C=O) groups is 1. The molecule has 0 unspecified atom stereocenters. The summed E-state index contributed by atoms with van der Waals surface area (Å²) in [6.45, 7) is 2.70. The van der Waals surface area contributed by atoms with Crippen molar-refractivity contribution in [2.45, 2.75) is 13.3 Å².